The predicted octanol–water partition coefficient (Wildman–Crippen LogP) is 5.04. The fraction of sp³-hybridized carbons (Fsp3) is 0.565. The van der Waals surface area contributed by atoms with Crippen molar-refractivity contribution in [3.05, 3.63) is 35.5 Å². The van der Waals surface area contributed by atoms with Gasteiger partial charge in [0, 0.05) is 18.4 Å². The lowest BCUT2D eigenvalue weighted by Gasteiger charge is -2.45. The van der Waals surface area contributed by atoms with Gasteiger partial charge in [-0.1, -0.05) is 31.5 Å². The summed E-state index contributed by atoms with van der Waals surface area (Å²) in [6, 6.07) is 10.5. The Labute approximate surface area is 166 Å². The first-order chi connectivity index (χ1) is 13.3. The first-order valence-electron chi connectivity index (χ1n) is 10.3. The molecule has 0 saturated carbocycles. The van der Waals surface area contributed by atoms with E-state index in [0.717, 1.165) is 48.0 Å². The largest absolute Gasteiger partial charge is 0.443 e. The molecule has 0 bridgehead atoms. The molecule has 148 valence electrons. The maximum atomic E-state index is 13.2. The van der Waals surface area contributed by atoms with Crippen LogP contribution in [0.1, 0.15) is 64.3 Å². The van der Waals surface area contributed by atoms with Crippen molar-refractivity contribution in [3.63, 3.8) is 0 Å². The lowest BCUT2D eigenvalue weighted by Crippen LogP contribution is -2.49. The van der Waals surface area contributed by atoms with Crippen molar-refractivity contribution in [1.82, 2.24) is 9.47 Å². The SMILES string of the molecule is CC[C@@H]1CC[C@H]2c3c(c4ccccc4n3C(=O)OC(C)(C)C)C[C@@H](C#N)N2C1. The molecule has 1 fully saturated rings. The third-order valence-corrected chi connectivity index (χ3v) is 6.15. The second kappa shape index (κ2) is 6.93. The van der Waals surface area contributed by atoms with Gasteiger partial charge in [-0.2, -0.15) is 5.26 Å². The highest BCUT2D eigenvalue weighted by molar-refractivity contribution is 5.94. The third kappa shape index (κ3) is 3.10. The van der Waals surface area contributed by atoms with Crippen molar-refractivity contribution < 1.29 is 9.53 Å². The number of ether oxygens (including phenoxy) is 1. The van der Waals surface area contributed by atoms with Crippen LogP contribution in [0.25, 0.3) is 10.9 Å². The number of benzene rings is 1. The molecule has 1 saturated heterocycles. The van der Waals surface area contributed by atoms with E-state index in [2.05, 4.69) is 24.0 Å². The molecular formula is C23H29N3O2. The molecule has 1 aromatic carbocycles. The van der Waals surface area contributed by atoms with E-state index in [4.69, 9.17) is 4.74 Å². The number of piperidine rings is 1. The fourth-order valence-electron chi connectivity index (χ4n) is 4.87. The molecule has 0 amide bonds. The van der Waals surface area contributed by atoms with Crippen molar-refractivity contribution in [2.75, 3.05) is 6.54 Å². The Hall–Kier alpha value is -2.32. The number of hydrogen-bond donors (Lipinski definition) is 0. The van der Waals surface area contributed by atoms with Crippen LogP contribution in [0.4, 0.5) is 4.79 Å². The molecule has 28 heavy (non-hydrogen) atoms. The Kier molecular flexibility index (Phi) is 4.71. The number of carbonyl (C=O) groups is 1. The van der Waals surface area contributed by atoms with Gasteiger partial charge < -0.3 is 4.74 Å². The van der Waals surface area contributed by atoms with Crippen LogP contribution in [0.2, 0.25) is 0 Å². The predicted molar refractivity (Wildman–Crippen MR) is 109 cm³/mol. The minimum Gasteiger partial charge on any atom is -0.443 e. The van der Waals surface area contributed by atoms with Gasteiger partial charge in [-0.15, -0.1) is 0 Å². The highest BCUT2D eigenvalue weighted by Crippen LogP contribution is 2.45. The average Bonchev–Trinajstić information content (AvgIpc) is 3.00. The van der Waals surface area contributed by atoms with Gasteiger partial charge in [-0.05, 0) is 51.2 Å². The van der Waals surface area contributed by atoms with Crippen molar-refractivity contribution in [3.8, 4) is 6.07 Å². The summed E-state index contributed by atoms with van der Waals surface area (Å²) in [6.07, 6.45) is 3.57. The minimum atomic E-state index is -0.557. The van der Waals surface area contributed by atoms with E-state index in [0.29, 0.717) is 12.3 Å². The number of aromatic nitrogens is 1. The van der Waals surface area contributed by atoms with Crippen LogP contribution in [-0.4, -0.2) is 33.7 Å². The van der Waals surface area contributed by atoms with Crippen molar-refractivity contribution in [2.45, 2.75) is 71.1 Å². The van der Waals surface area contributed by atoms with Crippen molar-refractivity contribution in [2.24, 2.45) is 5.92 Å². The zero-order valence-corrected chi connectivity index (χ0v) is 17.2. The zero-order valence-electron chi connectivity index (χ0n) is 17.2. The Morgan fingerprint density at radius 1 is 1.29 bits per heavy atom. The molecule has 4 rings (SSSR count). The summed E-state index contributed by atoms with van der Waals surface area (Å²) >= 11 is 0. The molecule has 3 atom stereocenters. The van der Waals surface area contributed by atoms with E-state index in [1.54, 1.807) is 4.57 Å². The molecular weight excluding hydrogens is 350 g/mol. The fourth-order valence-corrected chi connectivity index (χ4v) is 4.87. The molecule has 5 nitrogen and oxygen atoms in total. The van der Waals surface area contributed by atoms with Gasteiger partial charge in [-0.3, -0.25) is 4.90 Å². The maximum absolute atomic E-state index is 13.2. The van der Waals surface area contributed by atoms with E-state index in [9.17, 15) is 10.1 Å². The Morgan fingerprint density at radius 3 is 2.71 bits per heavy atom. The van der Waals surface area contributed by atoms with Gasteiger partial charge in [0.15, 0.2) is 0 Å². The maximum Gasteiger partial charge on any atom is 0.419 e. The quantitative estimate of drug-likeness (QED) is 0.697. The summed E-state index contributed by atoms with van der Waals surface area (Å²) < 4.78 is 7.56. The van der Waals surface area contributed by atoms with Crippen LogP contribution in [0.15, 0.2) is 24.3 Å². The van der Waals surface area contributed by atoms with Gasteiger partial charge >= 0.3 is 6.09 Å². The number of hydrogen-bond acceptors (Lipinski definition) is 4. The van der Waals surface area contributed by atoms with E-state index in [-0.39, 0.29) is 18.2 Å². The Morgan fingerprint density at radius 2 is 2.04 bits per heavy atom. The normalized spacial score (nSPS) is 25.0. The van der Waals surface area contributed by atoms with Gasteiger partial charge in [0.2, 0.25) is 0 Å². The van der Waals surface area contributed by atoms with Crippen LogP contribution < -0.4 is 0 Å². The molecule has 2 aliphatic rings. The average molecular weight is 380 g/mol. The lowest BCUT2D eigenvalue weighted by atomic mass is 9.82. The highest BCUT2D eigenvalue weighted by atomic mass is 16.6. The summed E-state index contributed by atoms with van der Waals surface area (Å²) in [5.41, 5.74) is 2.51. The van der Waals surface area contributed by atoms with Crippen molar-refractivity contribution >= 4 is 17.0 Å². The lowest BCUT2D eigenvalue weighted by molar-refractivity contribution is 0.0463. The second-order valence-electron chi connectivity index (χ2n) is 9.11. The molecule has 1 aromatic heterocycles. The van der Waals surface area contributed by atoms with Gasteiger partial charge in [-0.25, -0.2) is 9.36 Å². The standard InChI is InChI=1S/C23H29N3O2/c1-5-15-10-11-20-21-18(12-16(13-24)25(20)14-15)17-8-6-7-9-19(17)26(21)22(27)28-23(2,3)4/h6-9,15-16,20H,5,10-12,14H2,1-4H3/t15-,16+,20+/m1/s1. The van der Waals surface area contributed by atoms with Crippen LogP contribution in [0.5, 0.6) is 0 Å². The Bertz CT molecular complexity index is 947. The van der Waals surface area contributed by atoms with Crippen molar-refractivity contribution in [1.29, 1.82) is 5.26 Å². The molecule has 2 aromatic rings. The molecule has 0 spiro atoms. The molecule has 0 aliphatic carbocycles. The van der Waals surface area contributed by atoms with Crippen LogP contribution >= 0.6 is 0 Å². The summed E-state index contributed by atoms with van der Waals surface area (Å²) in [6.45, 7) is 8.84. The third-order valence-electron chi connectivity index (χ3n) is 6.15. The number of rotatable bonds is 1. The molecule has 0 N–H and O–H groups in total. The van der Waals surface area contributed by atoms with Crippen LogP contribution in [-0.2, 0) is 11.2 Å². The van der Waals surface area contributed by atoms with E-state index < -0.39 is 5.60 Å². The summed E-state index contributed by atoms with van der Waals surface area (Å²) in [5.74, 6) is 0.619. The minimum absolute atomic E-state index is 0.0936. The summed E-state index contributed by atoms with van der Waals surface area (Å²) in [7, 11) is 0. The molecule has 5 heteroatoms. The van der Waals surface area contributed by atoms with Gasteiger partial charge in [0.1, 0.15) is 11.6 Å². The molecule has 2 aliphatic heterocycles. The van der Waals surface area contributed by atoms with E-state index >= 15 is 0 Å². The first kappa shape index (κ1) is 19.0. The van der Waals surface area contributed by atoms with Crippen LogP contribution in [0, 0.1) is 17.2 Å². The molecule has 0 radical (unpaired) electrons. The monoisotopic (exact) mass is 379 g/mol. The van der Waals surface area contributed by atoms with Gasteiger partial charge in [0.25, 0.3) is 0 Å². The number of para-hydroxylation sites is 1. The summed E-state index contributed by atoms with van der Waals surface area (Å²) in [4.78, 5) is 15.5. The Balaban J connectivity index is 1.89. The smallest absolute Gasteiger partial charge is 0.419 e. The number of nitriles is 1. The number of nitrogens with zero attached hydrogens (tertiary/aromatic N) is 3. The molecule has 3 heterocycles. The van der Waals surface area contributed by atoms with Crippen LogP contribution in [0.3, 0.4) is 0 Å². The topological polar surface area (TPSA) is 58.3 Å². The number of carbonyl (C=O) groups excluding carboxylic acids is 1. The second-order valence-corrected chi connectivity index (χ2v) is 9.11. The van der Waals surface area contributed by atoms with E-state index in [1.807, 2.05) is 39.0 Å². The molecule has 0 unspecified atom stereocenters. The highest BCUT2D eigenvalue weighted by Gasteiger charge is 2.42. The number of fused-ring (bicyclic) bond motifs is 5. The first-order valence-corrected chi connectivity index (χ1v) is 10.3. The van der Waals surface area contributed by atoms with E-state index in [1.165, 1.54) is 0 Å². The van der Waals surface area contributed by atoms with Gasteiger partial charge in [0.05, 0.1) is 23.3 Å². The zero-order chi connectivity index (χ0) is 20.1. The summed E-state index contributed by atoms with van der Waals surface area (Å²) in [5, 5.41) is 10.9.